The number of halogens is 1. The number of pyridine rings is 1. The molecule has 0 unspecified atom stereocenters. The number of benzene rings is 2. The Labute approximate surface area is 153 Å². The van der Waals surface area contributed by atoms with Crippen LogP contribution in [0.2, 0.25) is 0 Å². The van der Waals surface area contributed by atoms with E-state index in [2.05, 4.69) is 21.6 Å². The van der Waals surface area contributed by atoms with E-state index in [1.807, 2.05) is 36.4 Å². The standard InChI is InChI=1S/C18H17N3O2S.ClH/c1-3-13-12-19-17-7-5-4-6-16(17)18(13)20-14-8-10-15(11-9-14)21-24(2,22)23;/h3-12,21H,1H2,2H3,(H,19,20);1H. The molecule has 1 heterocycles. The number of sulfonamides is 1. The predicted molar refractivity (Wildman–Crippen MR) is 107 cm³/mol. The second kappa shape index (κ2) is 7.55. The van der Waals surface area contributed by atoms with Crippen molar-refractivity contribution in [2.45, 2.75) is 0 Å². The zero-order chi connectivity index (χ0) is 17.2. The second-order valence-corrected chi connectivity index (χ2v) is 7.13. The Morgan fingerprint density at radius 2 is 1.68 bits per heavy atom. The molecule has 2 aromatic carbocycles. The van der Waals surface area contributed by atoms with Crippen molar-refractivity contribution in [3.63, 3.8) is 0 Å². The summed E-state index contributed by atoms with van der Waals surface area (Å²) in [5, 5.41) is 4.36. The Morgan fingerprint density at radius 1 is 1.04 bits per heavy atom. The van der Waals surface area contributed by atoms with Crippen LogP contribution >= 0.6 is 12.4 Å². The molecule has 0 atom stereocenters. The summed E-state index contributed by atoms with van der Waals surface area (Å²) in [5.74, 6) is 0. The maximum absolute atomic E-state index is 11.3. The van der Waals surface area contributed by atoms with E-state index in [1.165, 1.54) is 0 Å². The summed E-state index contributed by atoms with van der Waals surface area (Å²) in [6, 6.07) is 14.9. The number of anilines is 3. The fourth-order valence-electron chi connectivity index (χ4n) is 2.43. The van der Waals surface area contributed by atoms with Crippen molar-refractivity contribution in [3.05, 3.63) is 66.9 Å². The Kier molecular flexibility index (Phi) is 5.66. The first-order valence-electron chi connectivity index (χ1n) is 7.31. The van der Waals surface area contributed by atoms with Gasteiger partial charge >= 0.3 is 0 Å². The van der Waals surface area contributed by atoms with E-state index in [9.17, 15) is 8.42 Å². The highest BCUT2D eigenvalue weighted by Crippen LogP contribution is 2.30. The summed E-state index contributed by atoms with van der Waals surface area (Å²) >= 11 is 0. The third kappa shape index (κ3) is 4.49. The van der Waals surface area contributed by atoms with Crippen LogP contribution in [0.4, 0.5) is 17.1 Å². The van der Waals surface area contributed by atoms with Gasteiger partial charge in [0.25, 0.3) is 0 Å². The van der Waals surface area contributed by atoms with Gasteiger partial charge in [-0.1, -0.05) is 30.9 Å². The molecular weight excluding hydrogens is 358 g/mol. The van der Waals surface area contributed by atoms with Gasteiger partial charge in [0.05, 0.1) is 17.5 Å². The summed E-state index contributed by atoms with van der Waals surface area (Å²) in [7, 11) is -3.28. The van der Waals surface area contributed by atoms with Gasteiger partial charge in [0, 0.05) is 28.5 Å². The van der Waals surface area contributed by atoms with Gasteiger partial charge in [-0.3, -0.25) is 9.71 Å². The lowest BCUT2D eigenvalue weighted by Crippen LogP contribution is -2.09. The third-order valence-electron chi connectivity index (χ3n) is 3.48. The van der Waals surface area contributed by atoms with Gasteiger partial charge in [0.1, 0.15) is 0 Å². The zero-order valence-corrected chi connectivity index (χ0v) is 15.2. The molecule has 5 nitrogen and oxygen atoms in total. The highest BCUT2D eigenvalue weighted by Gasteiger charge is 2.07. The summed E-state index contributed by atoms with van der Waals surface area (Å²) in [4.78, 5) is 4.42. The number of fused-ring (bicyclic) bond motifs is 1. The summed E-state index contributed by atoms with van der Waals surface area (Å²) in [6.07, 6.45) is 4.65. The van der Waals surface area contributed by atoms with Crippen LogP contribution in [0, 0.1) is 0 Å². The molecule has 0 amide bonds. The van der Waals surface area contributed by atoms with E-state index in [1.54, 1.807) is 24.4 Å². The number of hydrogen-bond acceptors (Lipinski definition) is 4. The van der Waals surface area contributed by atoms with Gasteiger partial charge in [0.2, 0.25) is 10.0 Å². The van der Waals surface area contributed by atoms with E-state index < -0.39 is 10.0 Å². The molecule has 0 fully saturated rings. The molecule has 3 aromatic rings. The van der Waals surface area contributed by atoms with Crippen molar-refractivity contribution in [3.8, 4) is 0 Å². The van der Waals surface area contributed by atoms with E-state index >= 15 is 0 Å². The van der Waals surface area contributed by atoms with Crippen LogP contribution < -0.4 is 10.0 Å². The number of para-hydroxylation sites is 1. The second-order valence-electron chi connectivity index (χ2n) is 5.39. The molecule has 0 spiro atoms. The largest absolute Gasteiger partial charge is 0.354 e. The smallest absolute Gasteiger partial charge is 0.229 e. The first kappa shape index (κ1) is 18.8. The molecular formula is C18H18ClN3O2S. The molecule has 0 radical (unpaired) electrons. The first-order chi connectivity index (χ1) is 11.5. The SMILES string of the molecule is C=Cc1cnc2ccccc2c1Nc1ccc(NS(C)(=O)=O)cc1.Cl. The molecule has 0 aliphatic rings. The molecule has 0 saturated heterocycles. The predicted octanol–water partition coefficient (Wildman–Crippen LogP) is 4.41. The normalized spacial score (nSPS) is 10.8. The average Bonchev–Trinajstić information content (AvgIpc) is 2.55. The van der Waals surface area contributed by atoms with Crippen molar-refractivity contribution in [1.29, 1.82) is 0 Å². The molecule has 0 aliphatic heterocycles. The monoisotopic (exact) mass is 375 g/mol. The minimum atomic E-state index is -3.28. The van der Waals surface area contributed by atoms with Crippen LogP contribution in [-0.2, 0) is 10.0 Å². The fraction of sp³-hybridized carbons (Fsp3) is 0.0556. The number of nitrogens with zero attached hydrogens (tertiary/aromatic N) is 1. The van der Waals surface area contributed by atoms with Crippen molar-refractivity contribution < 1.29 is 8.42 Å². The van der Waals surface area contributed by atoms with Gasteiger partial charge in [-0.15, -0.1) is 12.4 Å². The Balaban J connectivity index is 0.00000225. The van der Waals surface area contributed by atoms with Crippen LogP contribution in [-0.4, -0.2) is 19.7 Å². The molecule has 7 heteroatoms. The molecule has 0 bridgehead atoms. The van der Waals surface area contributed by atoms with Crippen molar-refractivity contribution in [1.82, 2.24) is 4.98 Å². The highest BCUT2D eigenvalue weighted by atomic mass is 35.5. The van der Waals surface area contributed by atoms with E-state index in [0.29, 0.717) is 5.69 Å². The Hall–Kier alpha value is -2.57. The van der Waals surface area contributed by atoms with Crippen molar-refractivity contribution in [2.75, 3.05) is 16.3 Å². The highest BCUT2D eigenvalue weighted by molar-refractivity contribution is 7.92. The van der Waals surface area contributed by atoms with Gasteiger partial charge < -0.3 is 5.32 Å². The van der Waals surface area contributed by atoms with Crippen LogP contribution in [0.3, 0.4) is 0 Å². The average molecular weight is 376 g/mol. The number of aromatic nitrogens is 1. The van der Waals surface area contributed by atoms with Crippen LogP contribution in [0.5, 0.6) is 0 Å². The van der Waals surface area contributed by atoms with Crippen LogP contribution in [0.1, 0.15) is 5.56 Å². The minimum Gasteiger partial charge on any atom is -0.354 e. The lowest BCUT2D eigenvalue weighted by molar-refractivity contribution is 0.607. The quantitative estimate of drug-likeness (QED) is 0.692. The molecule has 3 rings (SSSR count). The molecule has 1 aromatic heterocycles. The molecule has 130 valence electrons. The Morgan fingerprint density at radius 3 is 2.32 bits per heavy atom. The van der Waals surface area contributed by atoms with Crippen molar-refractivity contribution >= 4 is 56.5 Å². The summed E-state index contributed by atoms with van der Waals surface area (Å²) in [5.41, 5.74) is 4.06. The van der Waals surface area contributed by atoms with Gasteiger partial charge in [-0.2, -0.15) is 0 Å². The van der Waals surface area contributed by atoms with Crippen LogP contribution in [0.25, 0.3) is 17.0 Å². The maximum Gasteiger partial charge on any atom is 0.229 e. The Bertz CT molecular complexity index is 1000. The lowest BCUT2D eigenvalue weighted by Gasteiger charge is -2.13. The van der Waals surface area contributed by atoms with Gasteiger partial charge in [-0.25, -0.2) is 8.42 Å². The number of rotatable bonds is 5. The molecule has 0 saturated carbocycles. The summed E-state index contributed by atoms with van der Waals surface area (Å²) in [6.45, 7) is 3.84. The minimum absolute atomic E-state index is 0. The summed E-state index contributed by atoms with van der Waals surface area (Å²) < 4.78 is 25.0. The van der Waals surface area contributed by atoms with Crippen LogP contribution in [0.15, 0.2) is 61.3 Å². The number of hydrogen-bond donors (Lipinski definition) is 2. The molecule has 0 aliphatic carbocycles. The molecule has 2 N–H and O–H groups in total. The van der Waals surface area contributed by atoms with Gasteiger partial charge in [0.15, 0.2) is 0 Å². The topological polar surface area (TPSA) is 71.1 Å². The lowest BCUT2D eigenvalue weighted by atomic mass is 10.1. The van der Waals surface area contributed by atoms with E-state index in [4.69, 9.17) is 0 Å². The molecule has 25 heavy (non-hydrogen) atoms. The van der Waals surface area contributed by atoms with E-state index in [0.717, 1.165) is 34.1 Å². The fourth-order valence-corrected chi connectivity index (χ4v) is 3.00. The maximum atomic E-state index is 11.3. The van der Waals surface area contributed by atoms with Crippen molar-refractivity contribution in [2.24, 2.45) is 0 Å². The van der Waals surface area contributed by atoms with Gasteiger partial charge in [-0.05, 0) is 30.3 Å². The zero-order valence-electron chi connectivity index (χ0n) is 13.6. The number of nitrogens with one attached hydrogen (secondary N) is 2. The first-order valence-corrected chi connectivity index (χ1v) is 9.20. The third-order valence-corrected chi connectivity index (χ3v) is 4.09. The van der Waals surface area contributed by atoms with E-state index in [-0.39, 0.29) is 12.4 Å².